The van der Waals surface area contributed by atoms with Gasteiger partial charge >= 0.3 is 0 Å². The molecule has 5 heteroatoms. The maximum Gasteiger partial charge on any atom is 0.245 e. The van der Waals surface area contributed by atoms with Crippen LogP contribution in [0.2, 0.25) is 0 Å². The zero-order chi connectivity index (χ0) is 15.8. The molecule has 0 bridgehead atoms. The van der Waals surface area contributed by atoms with Gasteiger partial charge in [-0.25, -0.2) is 0 Å². The van der Waals surface area contributed by atoms with Crippen LogP contribution in [-0.4, -0.2) is 32.2 Å². The SMILES string of the molecule is COc1cc(/C=C/C(=O)Cl)ccc1OCCC1CCOCC1. The Morgan fingerprint density at radius 3 is 2.82 bits per heavy atom. The largest absolute Gasteiger partial charge is 0.493 e. The van der Waals surface area contributed by atoms with Crippen molar-refractivity contribution in [2.45, 2.75) is 19.3 Å². The second kappa shape index (κ2) is 8.81. The summed E-state index contributed by atoms with van der Waals surface area (Å²) in [5.41, 5.74) is 0.836. The number of allylic oxidation sites excluding steroid dienone is 1. The number of benzene rings is 1. The van der Waals surface area contributed by atoms with E-state index in [2.05, 4.69) is 0 Å². The number of halogens is 1. The first-order valence-corrected chi connectivity index (χ1v) is 7.83. The molecule has 22 heavy (non-hydrogen) atoms. The monoisotopic (exact) mass is 324 g/mol. The summed E-state index contributed by atoms with van der Waals surface area (Å²) in [7, 11) is 1.60. The van der Waals surface area contributed by atoms with Crippen LogP contribution in [0.25, 0.3) is 6.08 Å². The number of rotatable bonds is 7. The Balaban J connectivity index is 1.90. The first-order valence-electron chi connectivity index (χ1n) is 7.45. The third-order valence-corrected chi connectivity index (χ3v) is 3.85. The predicted octanol–water partition coefficient (Wildman–Crippen LogP) is 3.67. The second-order valence-corrected chi connectivity index (χ2v) is 5.61. The molecule has 1 aromatic rings. The molecule has 0 aliphatic carbocycles. The van der Waals surface area contributed by atoms with E-state index in [1.165, 1.54) is 6.08 Å². The zero-order valence-corrected chi connectivity index (χ0v) is 13.5. The van der Waals surface area contributed by atoms with Gasteiger partial charge in [-0.3, -0.25) is 4.79 Å². The van der Waals surface area contributed by atoms with Crippen molar-refractivity contribution in [2.24, 2.45) is 5.92 Å². The van der Waals surface area contributed by atoms with Crippen LogP contribution in [-0.2, 0) is 9.53 Å². The van der Waals surface area contributed by atoms with E-state index < -0.39 is 5.24 Å². The molecule has 1 aliphatic rings. The molecule has 0 saturated carbocycles. The van der Waals surface area contributed by atoms with E-state index in [1.807, 2.05) is 18.2 Å². The lowest BCUT2D eigenvalue weighted by Gasteiger charge is -2.22. The van der Waals surface area contributed by atoms with Crippen molar-refractivity contribution in [1.29, 1.82) is 0 Å². The van der Waals surface area contributed by atoms with E-state index in [4.69, 9.17) is 25.8 Å². The van der Waals surface area contributed by atoms with Gasteiger partial charge in [-0.2, -0.15) is 0 Å². The lowest BCUT2D eigenvalue weighted by atomic mass is 9.97. The Kier molecular flexibility index (Phi) is 6.74. The van der Waals surface area contributed by atoms with Crippen LogP contribution >= 0.6 is 11.6 Å². The van der Waals surface area contributed by atoms with Gasteiger partial charge in [0.2, 0.25) is 5.24 Å². The Morgan fingerprint density at radius 1 is 1.36 bits per heavy atom. The minimum Gasteiger partial charge on any atom is -0.493 e. The van der Waals surface area contributed by atoms with Gasteiger partial charge in [0, 0.05) is 13.2 Å². The van der Waals surface area contributed by atoms with Crippen molar-refractivity contribution < 1.29 is 19.0 Å². The van der Waals surface area contributed by atoms with Gasteiger partial charge in [-0.15, -0.1) is 0 Å². The fraction of sp³-hybridized carbons (Fsp3) is 0.471. The van der Waals surface area contributed by atoms with Crippen LogP contribution in [0, 0.1) is 5.92 Å². The van der Waals surface area contributed by atoms with Gasteiger partial charge < -0.3 is 14.2 Å². The molecule has 1 fully saturated rings. The summed E-state index contributed by atoms with van der Waals surface area (Å²) in [6.45, 7) is 2.37. The summed E-state index contributed by atoms with van der Waals surface area (Å²) in [6.07, 6.45) is 6.19. The molecule has 4 nitrogen and oxygen atoms in total. The summed E-state index contributed by atoms with van der Waals surface area (Å²) in [5, 5.41) is -0.504. The quantitative estimate of drug-likeness (QED) is 0.567. The van der Waals surface area contributed by atoms with Crippen LogP contribution in [0.5, 0.6) is 11.5 Å². The standard InChI is InChI=1S/C17H21ClO4/c1-20-16-12-14(3-5-17(18)19)2-4-15(16)22-11-8-13-6-9-21-10-7-13/h2-5,12-13H,6-11H2,1H3/b5-3+. The second-order valence-electron chi connectivity index (χ2n) is 5.24. The molecule has 0 atom stereocenters. The van der Waals surface area contributed by atoms with Gasteiger partial charge in [0.25, 0.3) is 0 Å². The molecule has 0 N–H and O–H groups in total. The third-order valence-electron chi connectivity index (χ3n) is 3.72. The topological polar surface area (TPSA) is 44.8 Å². The van der Waals surface area contributed by atoms with E-state index in [1.54, 1.807) is 13.2 Å². The number of methoxy groups -OCH3 is 1. The first-order chi connectivity index (χ1) is 10.7. The number of carbonyl (C=O) groups excluding carboxylic acids is 1. The van der Waals surface area contributed by atoms with Gasteiger partial charge in [0.1, 0.15) is 0 Å². The highest BCUT2D eigenvalue weighted by molar-refractivity contribution is 6.66. The smallest absolute Gasteiger partial charge is 0.245 e. The van der Waals surface area contributed by atoms with Gasteiger partial charge in [0.05, 0.1) is 13.7 Å². The van der Waals surface area contributed by atoms with E-state index >= 15 is 0 Å². The molecule has 1 aromatic carbocycles. The predicted molar refractivity (Wildman–Crippen MR) is 86.5 cm³/mol. The van der Waals surface area contributed by atoms with Crippen molar-refractivity contribution in [1.82, 2.24) is 0 Å². The Morgan fingerprint density at radius 2 is 2.14 bits per heavy atom. The van der Waals surface area contributed by atoms with Crippen LogP contribution in [0.1, 0.15) is 24.8 Å². The molecule has 0 amide bonds. The molecule has 0 radical (unpaired) electrons. The average molecular weight is 325 g/mol. The highest BCUT2D eigenvalue weighted by Crippen LogP contribution is 2.29. The van der Waals surface area contributed by atoms with E-state index in [0.29, 0.717) is 24.0 Å². The van der Waals surface area contributed by atoms with Crippen molar-refractivity contribution in [3.8, 4) is 11.5 Å². The van der Waals surface area contributed by atoms with Crippen molar-refractivity contribution >= 4 is 22.9 Å². The molecule has 0 spiro atoms. The molecular weight excluding hydrogens is 304 g/mol. The fourth-order valence-corrected chi connectivity index (χ4v) is 2.50. The van der Waals surface area contributed by atoms with Crippen LogP contribution in [0.15, 0.2) is 24.3 Å². The Bertz CT molecular complexity index is 521. The maximum atomic E-state index is 10.7. The van der Waals surface area contributed by atoms with Gasteiger partial charge in [0.15, 0.2) is 11.5 Å². The summed E-state index contributed by atoms with van der Waals surface area (Å²) in [5.74, 6) is 2.04. The van der Waals surface area contributed by atoms with Crippen molar-refractivity contribution in [3.63, 3.8) is 0 Å². The number of hydrogen-bond acceptors (Lipinski definition) is 4. The third kappa shape index (κ3) is 5.35. The Labute approximate surface area is 136 Å². The molecule has 0 unspecified atom stereocenters. The van der Waals surface area contributed by atoms with Crippen molar-refractivity contribution in [2.75, 3.05) is 26.9 Å². The van der Waals surface area contributed by atoms with Crippen LogP contribution in [0.3, 0.4) is 0 Å². The summed E-state index contributed by atoms with van der Waals surface area (Å²) < 4.78 is 16.5. The van der Waals surface area contributed by atoms with Gasteiger partial charge in [-0.1, -0.05) is 12.1 Å². The highest BCUT2D eigenvalue weighted by Gasteiger charge is 2.14. The summed E-state index contributed by atoms with van der Waals surface area (Å²) in [6, 6.07) is 5.53. The Hall–Kier alpha value is -1.52. The minimum absolute atomic E-state index is 0.504. The molecule has 1 heterocycles. The van der Waals surface area contributed by atoms with Crippen molar-refractivity contribution in [3.05, 3.63) is 29.8 Å². The molecule has 1 aliphatic heterocycles. The number of ether oxygens (including phenoxy) is 3. The summed E-state index contributed by atoms with van der Waals surface area (Å²) >= 11 is 5.28. The molecule has 0 aromatic heterocycles. The number of hydrogen-bond donors (Lipinski definition) is 0. The number of carbonyl (C=O) groups is 1. The normalized spacial score (nSPS) is 15.9. The summed E-state index contributed by atoms with van der Waals surface area (Å²) in [4.78, 5) is 10.7. The first kappa shape index (κ1) is 16.8. The molecule has 1 saturated heterocycles. The lowest BCUT2D eigenvalue weighted by molar-refractivity contribution is -0.107. The van der Waals surface area contributed by atoms with E-state index in [9.17, 15) is 4.79 Å². The molecule has 2 rings (SSSR count). The van der Waals surface area contributed by atoms with Gasteiger partial charge in [-0.05, 0) is 60.6 Å². The maximum absolute atomic E-state index is 10.7. The van der Waals surface area contributed by atoms with E-state index in [0.717, 1.165) is 38.0 Å². The van der Waals surface area contributed by atoms with Crippen LogP contribution in [0.4, 0.5) is 0 Å². The van der Waals surface area contributed by atoms with E-state index in [-0.39, 0.29) is 0 Å². The molecule has 120 valence electrons. The highest BCUT2D eigenvalue weighted by atomic mass is 35.5. The fourth-order valence-electron chi connectivity index (χ4n) is 2.44. The minimum atomic E-state index is -0.504. The molecular formula is C17H21ClO4. The average Bonchev–Trinajstić information content (AvgIpc) is 2.54. The lowest BCUT2D eigenvalue weighted by Crippen LogP contribution is -2.17. The van der Waals surface area contributed by atoms with Crippen LogP contribution < -0.4 is 9.47 Å². The zero-order valence-electron chi connectivity index (χ0n) is 12.7.